The smallest absolute Gasteiger partial charge is 0.321 e. The van der Waals surface area contributed by atoms with Crippen LogP contribution in [0.15, 0.2) is 109 Å². The summed E-state index contributed by atoms with van der Waals surface area (Å²) in [5, 5.41) is 17.7. The van der Waals surface area contributed by atoms with Crippen LogP contribution in [0.1, 0.15) is 17.2 Å². The Balaban J connectivity index is 1.59. The van der Waals surface area contributed by atoms with Crippen molar-refractivity contribution in [3.8, 4) is 17.6 Å². The molecule has 2 aromatic heterocycles. The molecule has 1 atom stereocenters. The molecule has 1 N–H and O–H groups in total. The Morgan fingerprint density at radius 1 is 0.794 bits per heavy atom. The van der Waals surface area contributed by atoms with E-state index in [1.165, 1.54) is 10.7 Å². The minimum atomic E-state index is -1.62. The molecule has 0 aliphatic heterocycles. The molecule has 0 fully saturated rings. The SMILES string of the molecule is N#Cc1cnc2ccc(C(Nc3ccccc3)P(Oc3ccccc3)Oc3ccccc3)nn12. The molecule has 0 aliphatic carbocycles. The number of aromatic nitrogens is 3. The summed E-state index contributed by atoms with van der Waals surface area (Å²) >= 11 is 0. The number of para-hydroxylation sites is 3. The van der Waals surface area contributed by atoms with Crippen molar-refractivity contribution in [3.05, 3.63) is 121 Å². The lowest BCUT2D eigenvalue weighted by molar-refractivity contribution is 0.477. The van der Waals surface area contributed by atoms with Gasteiger partial charge in [0.25, 0.3) is 0 Å². The van der Waals surface area contributed by atoms with Crippen LogP contribution in [0, 0.1) is 11.3 Å². The Hall–Kier alpha value is -4.40. The summed E-state index contributed by atoms with van der Waals surface area (Å²) in [7, 11) is -1.62. The van der Waals surface area contributed by atoms with Crippen molar-refractivity contribution in [2.75, 3.05) is 5.32 Å². The Labute approximate surface area is 198 Å². The predicted octanol–water partition coefficient (Wildman–Crippen LogP) is 6.18. The van der Waals surface area contributed by atoms with Gasteiger partial charge in [-0.3, -0.25) is 0 Å². The van der Waals surface area contributed by atoms with Crippen molar-refractivity contribution in [2.24, 2.45) is 0 Å². The number of hydrogen-bond acceptors (Lipinski definition) is 6. The maximum atomic E-state index is 9.48. The summed E-state index contributed by atoms with van der Waals surface area (Å²) < 4.78 is 14.4. The van der Waals surface area contributed by atoms with Gasteiger partial charge in [0, 0.05) is 5.69 Å². The number of fused-ring (bicyclic) bond motifs is 1. The van der Waals surface area contributed by atoms with Gasteiger partial charge in [-0.2, -0.15) is 10.4 Å². The normalized spacial score (nSPS) is 11.6. The zero-order valence-corrected chi connectivity index (χ0v) is 18.9. The highest BCUT2D eigenvalue weighted by Gasteiger charge is 2.32. The number of imidazole rings is 1. The molecule has 7 nitrogen and oxygen atoms in total. The van der Waals surface area contributed by atoms with Crippen LogP contribution >= 0.6 is 8.38 Å². The van der Waals surface area contributed by atoms with Gasteiger partial charge in [-0.25, -0.2) is 9.50 Å². The highest BCUT2D eigenvalue weighted by Crippen LogP contribution is 2.52. The summed E-state index contributed by atoms with van der Waals surface area (Å²) in [6, 6.07) is 34.8. The van der Waals surface area contributed by atoms with Gasteiger partial charge in [0.15, 0.2) is 17.1 Å². The second-order valence-corrected chi connectivity index (χ2v) is 8.74. The molecule has 5 aromatic rings. The second kappa shape index (κ2) is 10.0. The zero-order valence-electron chi connectivity index (χ0n) is 18.0. The van der Waals surface area contributed by atoms with Crippen molar-refractivity contribution >= 4 is 19.7 Å². The largest absolute Gasteiger partial charge is 0.437 e. The van der Waals surface area contributed by atoms with Crippen LogP contribution in [0.4, 0.5) is 5.69 Å². The van der Waals surface area contributed by atoms with E-state index in [9.17, 15) is 5.26 Å². The molecule has 8 heteroatoms. The van der Waals surface area contributed by atoms with Crippen LogP contribution < -0.4 is 14.4 Å². The second-order valence-electron chi connectivity index (χ2n) is 7.29. The van der Waals surface area contributed by atoms with E-state index in [4.69, 9.17) is 14.1 Å². The Kier molecular flexibility index (Phi) is 6.33. The minimum Gasteiger partial charge on any atom is -0.437 e. The minimum absolute atomic E-state index is 0.354. The molecule has 166 valence electrons. The van der Waals surface area contributed by atoms with Gasteiger partial charge in [-0.05, 0) is 48.5 Å². The van der Waals surface area contributed by atoms with E-state index in [1.54, 1.807) is 0 Å². The van der Waals surface area contributed by atoms with E-state index >= 15 is 0 Å². The third-order valence-electron chi connectivity index (χ3n) is 4.94. The van der Waals surface area contributed by atoms with Crippen molar-refractivity contribution < 1.29 is 9.05 Å². The molecule has 0 saturated heterocycles. The maximum Gasteiger partial charge on any atom is 0.321 e. The van der Waals surface area contributed by atoms with Gasteiger partial charge in [-0.15, -0.1) is 0 Å². The summed E-state index contributed by atoms with van der Waals surface area (Å²) in [6.07, 6.45) is 1.51. The first kappa shape index (κ1) is 21.4. The third-order valence-corrected chi connectivity index (χ3v) is 6.54. The average Bonchev–Trinajstić information content (AvgIpc) is 3.31. The Morgan fingerprint density at radius 2 is 1.38 bits per heavy atom. The molecule has 2 heterocycles. The van der Waals surface area contributed by atoms with Crippen LogP contribution in [0.3, 0.4) is 0 Å². The van der Waals surface area contributed by atoms with Gasteiger partial charge in [0.05, 0.1) is 11.9 Å². The van der Waals surface area contributed by atoms with Crippen LogP contribution in [0.25, 0.3) is 5.65 Å². The highest BCUT2D eigenvalue weighted by atomic mass is 31.2. The molecule has 3 aromatic carbocycles. The molecule has 0 saturated carbocycles. The van der Waals surface area contributed by atoms with E-state index in [0.717, 1.165) is 5.69 Å². The zero-order chi connectivity index (χ0) is 23.2. The fraction of sp³-hybridized carbons (Fsp3) is 0.0385. The lowest BCUT2D eigenvalue weighted by Gasteiger charge is -2.27. The number of rotatable bonds is 8. The van der Waals surface area contributed by atoms with E-state index in [2.05, 4.69) is 16.4 Å². The number of anilines is 1. The molecule has 0 radical (unpaired) electrons. The molecular formula is C26H20N5O2P. The molecule has 1 unspecified atom stereocenters. The van der Waals surface area contributed by atoms with Crippen LogP contribution in [-0.2, 0) is 0 Å². The molecular weight excluding hydrogens is 445 g/mol. The number of nitrogens with one attached hydrogen (secondary N) is 1. The summed E-state index contributed by atoms with van der Waals surface area (Å²) in [6.45, 7) is 0. The highest BCUT2D eigenvalue weighted by molar-refractivity contribution is 7.48. The number of hydrogen-bond donors (Lipinski definition) is 1. The van der Waals surface area contributed by atoms with E-state index < -0.39 is 14.2 Å². The standard InChI is InChI=1S/C26H20N5O2P/c27-18-21-19-28-25-17-16-24(30-31(21)25)26(29-20-10-4-1-5-11-20)34(32-22-12-6-2-7-13-22)33-23-14-8-3-9-15-23/h1-17,19,26,29H. The predicted molar refractivity (Wildman–Crippen MR) is 132 cm³/mol. The average molecular weight is 465 g/mol. The van der Waals surface area contributed by atoms with Gasteiger partial charge in [0.2, 0.25) is 0 Å². The van der Waals surface area contributed by atoms with Crippen molar-refractivity contribution in [3.63, 3.8) is 0 Å². The van der Waals surface area contributed by atoms with Gasteiger partial charge >= 0.3 is 8.38 Å². The molecule has 0 spiro atoms. The first-order valence-corrected chi connectivity index (χ1v) is 11.9. The van der Waals surface area contributed by atoms with Crippen molar-refractivity contribution in [1.82, 2.24) is 14.6 Å². The first-order valence-electron chi connectivity index (χ1n) is 10.6. The van der Waals surface area contributed by atoms with Gasteiger partial charge < -0.3 is 14.4 Å². The molecule has 34 heavy (non-hydrogen) atoms. The van der Waals surface area contributed by atoms with Crippen LogP contribution in [-0.4, -0.2) is 14.6 Å². The monoisotopic (exact) mass is 465 g/mol. The lowest BCUT2D eigenvalue weighted by Crippen LogP contribution is -2.17. The maximum absolute atomic E-state index is 9.48. The van der Waals surface area contributed by atoms with Crippen molar-refractivity contribution in [1.29, 1.82) is 5.26 Å². The summed E-state index contributed by atoms with van der Waals surface area (Å²) in [4.78, 5) is 4.25. The Morgan fingerprint density at radius 3 is 1.97 bits per heavy atom. The fourth-order valence-corrected chi connectivity index (χ4v) is 4.85. The van der Waals surface area contributed by atoms with E-state index in [1.807, 2.05) is 103 Å². The first-order chi connectivity index (χ1) is 16.8. The van der Waals surface area contributed by atoms with E-state index in [-0.39, 0.29) is 0 Å². The lowest BCUT2D eigenvalue weighted by atomic mass is 10.3. The molecule has 0 aliphatic rings. The topological polar surface area (TPSA) is 84.5 Å². The summed E-state index contributed by atoms with van der Waals surface area (Å²) in [5.41, 5.74) is 2.49. The molecule has 0 bridgehead atoms. The number of nitrogens with zero attached hydrogens (tertiary/aromatic N) is 4. The fourth-order valence-electron chi connectivity index (χ4n) is 3.33. The van der Waals surface area contributed by atoms with Crippen LogP contribution in [0.2, 0.25) is 0 Å². The quantitative estimate of drug-likeness (QED) is 0.276. The van der Waals surface area contributed by atoms with E-state index in [0.29, 0.717) is 28.5 Å². The number of benzene rings is 3. The van der Waals surface area contributed by atoms with Gasteiger partial charge in [-0.1, -0.05) is 54.6 Å². The summed E-state index contributed by atoms with van der Waals surface area (Å²) in [5.74, 6) is 0.910. The van der Waals surface area contributed by atoms with Crippen molar-refractivity contribution in [2.45, 2.75) is 5.78 Å². The Bertz CT molecular complexity index is 1360. The molecule has 5 rings (SSSR count). The third kappa shape index (κ3) is 4.83. The number of nitriles is 1. The van der Waals surface area contributed by atoms with Crippen LogP contribution in [0.5, 0.6) is 11.5 Å². The molecule has 0 amide bonds. The van der Waals surface area contributed by atoms with Gasteiger partial charge in [0.1, 0.15) is 17.6 Å².